The van der Waals surface area contributed by atoms with Crippen molar-refractivity contribution in [1.82, 2.24) is 15.1 Å². The number of fused-ring (bicyclic) bond motifs is 1. The minimum Gasteiger partial charge on any atom is -0.444 e. The van der Waals surface area contributed by atoms with E-state index < -0.39 is 17.2 Å². The summed E-state index contributed by atoms with van der Waals surface area (Å²) in [6.07, 6.45) is -0.535. The first-order valence-corrected chi connectivity index (χ1v) is 7.14. The summed E-state index contributed by atoms with van der Waals surface area (Å²) in [6, 6.07) is 4.81. The molecule has 0 aliphatic carbocycles. The smallest absolute Gasteiger partial charge is 0.408 e. The number of carbonyl (C=O) groups excluding carboxylic acids is 1. The zero-order valence-corrected chi connectivity index (χ0v) is 13.8. The Kier molecular flexibility index (Phi) is 3.89. The zero-order chi connectivity index (χ0) is 16.7. The molecule has 1 aromatic heterocycles. The monoisotopic (exact) mass is 307 g/mol. The maximum absolute atomic E-state index is 14.0. The number of halogens is 1. The second-order valence-electron chi connectivity index (χ2n) is 6.86. The highest BCUT2D eigenvalue weighted by Crippen LogP contribution is 2.29. The number of aromatic nitrogens is 2. The van der Waals surface area contributed by atoms with Gasteiger partial charge in [0.1, 0.15) is 16.9 Å². The third-order valence-corrected chi connectivity index (χ3v) is 3.22. The van der Waals surface area contributed by atoms with Crippen LogP contribution in [-0.4, -0.2) is 21.5 Å². The number of hydrogen-bond acceptors (Lipinski definition) is 3. The third kappa shape index (κ3) is 3.21. The summed E-state index contributed by atoms with van der Waals surface area (Å²) < 4.78 is 20.7. The van der Waals surface area contributed by atoms with Gasteiger partial charge in [0.25, 0.3) is 0 Å². The molecule has 0 saturated heterocycles. The summed E-state index contributed by atoms with van der Waals surface area (Å²) in [5.41, 5.74) is -0.374. The molecule has 0 radical (unpaired) electrons. The van der Waals surface area contributed by atoms with Gasteiger partial charge in [0.05, 0.1) is 11.2 Å². The minimum atomic E-state index is -0.796. The van der Waals surface area contributed by atoms with Crippen LogP contribution < -0.4 is 5.32 Å². The van der Waals surface area contributed by atoms with E-state index in [1.54, 1.807) is 40.0 Å². The maximum Gasteiger partial charge on any atom is 0.408 e. The van der Waals surface area contributed by atoms with Crippen molar-refractivity contribution in [3.05, 3.63) is 29.7 Å². The molecule has 0 atom stereocenters. The molecule has 1 aromatic carbocycles. The van der Waals surface area contributed by atoms with Gasteiger partial charge in [-0.2, -0.15) is 5.10 Å². The second kappa shape index (κ2) is 5.26. The Labute approximate surface area is 129 Å². The van der Waals surface area contributed by atoms with E-state index in [0.717, 1.165) is 0 Å². The molecule has 1 amide bonds. The van der Waals surface area contributed by atoms with Crippen LogP contribution in [0.1, 0.15) is 40.3 Å². The first-order chi connectivity index (χ1) is 10.0. The number of benzene rings is 1. The molecule has 2 aromatic rings. The predicted molar refractivity (Wildman–Crippen MR) is 83.1 cm³/mol. The maximum atomic E-state index is 14.0. The van der Waals surface area contributed by atoms with Crippen molar-refractivity contribution in [1.29, 1.82) is 0 Å². The standard InChI is InChI=1S/C16H22FN3O2/c1-15(2,3)22-14(21)18-16(4,5)13-10-8-7-9-11(17)12(10)20(6)19-13/h7-9H,1-6H3,(H,18,21). The summed E-state index contributed by atoms with van der Waals surface area (Å²) in [6.45, 7) is 9.01. The summed E-state index contributed by atoms with van der Waals surface area (Å²) in [4.78, 5) is 12.0. The van der Waals surface area contributed by atoms with E-state index >= 15 is 0 Å². The lowest BCUT2D eigenvalue weighted by molar-refractivity contribution is 0.0469. The summed E-state index contributed by atoms with van der Waals surface area (Å²) in [5, 5.41) is 7.84. The number of ether oxygens (including phenoxy) is 1. The van der Waals surface area contributed by atoms with Crippen molar-refractivity contribution in [2.24, 2.45) is 7.05 Å². The minimum absolute atomic E-state index is 0.341. The summed E-state index contributed by atoms with van der Waals surface area (Å²) >= 11 is 0. The van der Waals surface area contributed by atoms with Gasteiger partial charge in [-0.3, -0.25) is 4.68 Å². The van der Waals surface area contributed by atoms with Crippen LogP contribution in [0, 0.1) is 5.82 Å². The second-order valence-corrected chi connectivity index (χ2v) is 6.86. The normalized spacial score (nSPS) is 12.5. The number of hydrogen-bond donors (Lipinski definition) is 1. The van der Waals surface area contributed by atoms with Gasteiger partial charge >= 0.3 is 6.09 Å². The Morgan fingerprint density at radius 3 is 2.50 bits per heavy atom. The Hall–Kier alpha value is -2.11. The van der Waals surface area contributed by atoms with Crippen molar-refractivity contribution < 1.29 is 13.9 Å². The number of amides is 1. The highest BCUT2D eigenvalue weighted by Gasteiger charge is 2.31. The Balaban J connectivity index is 2.38. The van der Waals surface area contributed by atoms with E-state index in [1.807, 2.05) is 13.8 Å². The van der Waals surface area contributed by atoms with E-state index in [1.165, 1.54) is 10.7 Å². The van der Waals surface area contributed by atoms with Gasteiger partial charge in [-0.25, -0.2) is 9.18 Å². The fourth-order valence-electron chi connectivity index (χ4n) is 2.37. The van der Waals surface area contributed by atoms with Crippen LogP contribution in [-0.2, 0) is 17.3 Å². The molecule has 6 heteroatoms. The van der Waals surface area contributed by atoms with Gasteiger partial charge in [-0.15, -0.1) is 0 Å². The molecule has 0 aliphatic rings. The van der Waals surface area contributed by atoms with Gasteiger partial charge in [0, 0.05) is 12.4 Å². The van der Waals surface area contributed by atoms with E-state index in [-0.39, 0.29) is 5.82 Å². The topological polar surface area (TPSA) is 56.2 Å². The van der Waals surface area contributed by atoms with Crippen LogP contribution in [0.25, 0.3) is 10.9 Å². The van der Waals surface area contributed by atoms with Gasteiger partial charge in [-0.05, 0) is 40.7 Å². The Bertz CT molecular complexity index is 714. The average Bonchev–Trinajstić information content (AvgIpc) is 2.65. The lowest BCUT2D eigenvalue weighted by Crippen LogP contribution is -2.44. The van der Waals surface area contributed by atoms with Gasteiger partial charge in [-0.1, -0.05) is 12.1 Å². The quantitative estimate of drug-likeness (QED) is 0.924. The van der Waals surface area contributed by atoms with Gasteiger partial charge < -0.3 is 10.1 Å². The largest absolute Gasteiger partial charge is 0.444 e. The van der Waals surface area contributed by atoms with Gasteiger partial charge in [0.15, 0.2) is 0 Å². The number of para-hydroxylation sites is 1. The van der Waals surface area contributed by atoms with Crippen LogP contribution in [0.4, 0.5) is 9.18 Å². The van der Waals surface area contributed by atoms with Crippen LogP contribution in [0.3, 0.4) is 0 Å². The van der Waals surface area contributed by atoms with E-state index in [2.05, 4.69) is 10.4 Å². The van der Waals surface area contributed by atoms with Crippen LogP contribution >= 0.6 is 0 Å². The summed E-state index contributed by atoms with van der Waals surface area (Å²) in [5.74, 6) is -0.341. The number of carbonyl (C=O) groups is 1. The highest BCUT2D eigenvalue weighted by atomic mass is 19.1. The SMILES string of the molecule is Cn1nc(C(C)(C)NC(=O)OC(C)(C)C)c2cccc(F)c21. The molecule has 0 unspecified atom stereocenters. The fourth-order valence-corrected chi connectivity index (χ4v) is 2.37. The van der Waals surface area contributed by atoms with Crippen molar-refractivity contribution in [2.45, 2.75) is 45.8 Å². The Morgan fingerprint density at radius 1 is 1.27 bits per heavy atom. The molecule has 0 spiro atoms. The highest BCUT2D eigenvalue weighted by molar-refractivity contribution is 5.84. The molecule has 0 aliphatic heterocycles. The molecule has 0 bridgehead atoms. The van der Waals surface area contributed by atoms with E-state index in [0.29, 0.717) is 16.6 Å². The molecular weight excluding hydrogens is 285 g/mol. The molecule has 2 rings (SSSR count). The Morgan fingerprint density at radius 2 is 1.91 bits per heavy atom. The van der Waals surface area contributed by atoms with Crippen LogP contribution in [0.5, 0.6) is 0 Å². The molecule has 120 valence electrons. The fraction of sp³-hybridized carbons (Fsp3) is 0.500. The van der Waals surface area contributed by atoms with Crippen LogP contribution in [0.15, 0.2) is 18.2 Å². The first kappa shape index (κ1) is 16.3. The molecule has 1 N–H and O–H groups in total. The lowest BCUT2D eigenvalue weighted by atomic mass is 9.97. The third-order valence-electron chi connectivity index (χ3n) is 3.22. The van der Waals surface area contributed by atoms with Crippen molar-refractivity contribution in [2.75, 3.05) is 0 Å². The van der Waals surface area contributed by atoms with Crippen molar-refractivity contribution >= 4 is 17.0 Å². The van der Waals surface area contributed by atoms with Crippen molar-refractivity contribution in [3.63, 3.8) is 0 Å². The molecule has 5 nitrogen and oxygen atoms in total. The zero-order valence-electron chi connectivity index (χ0n) is 13.8. The molecule has 0 saturated carbocycles. The number of aryl methyl sites for hydroxylation is 1. The lowest BCUT2D eigenvalue weighted by Gasteiger charge is -2.27. The molecule has 0 fully saturated rings. The average molecular weight is 307 g/mol. The molecular formula is C16H22FN3O2. The first-order valence-electron chi connectivity index (χ1n) is 7.14. The number of nitrogens with zero attached hydrogens (tertiary/aromatic N) is 2. The van der Waals surface area contributed by atoms with Gasteiger partial charge in [0.2, 0.25) is 0 Å². The molecule has 22 heavy (non-hydrogen) atoms. The molecule has 1 heterocycles. The number of alkyl carbamates (subject to hydrolysis) is 1. The summed E-state index contributed by atoms with van der Waals surface area (Å²) in [7, 11) is 1.68. The number of nitrogens with one attached hydrogen (secondary N) is 1. The van der Waals surface area contributed by atoms with Crippen LogP contribution in [0.2, 0.25) is 0 Å². The number of rotatable bonds is 2. The van der Waals surface area contributed by atoms with E-state index in [4.69, 9.17) is 4.74 Å². The van der Waals surface area contributed by atoms with Crippen molar-refractivity contribution in [3.8, 4) is 0 Å². The van der Waals surface area contributed by atoms with E-state index in [9.17, 15) is 9.18 Å². The predicted octanol–water partition coefficient (Wildman–Crippen LogP) is 3.47.